The van der Waals surface area contributed by atoms with Gasteiger partial charge in [-0.1, -0.05) is 42.0 Å². The molecule has 1 aromatic carbocycles. The molecule has 0 aliphatic carbocycles. The Labute approximate surface area is 195 Å². The number of halogens is 1. The number of ether oxygens (including phenoxy) is 1. The molecule has 0 aliphatic rings. The van der Waals surface area contributed by atoms with E-state index >= 15 is 0 Å². The monoisotopic (exact) mass is 456 g/mol. The molecule has 6 nitrogen and oxygen atoms in total. The first-order valence-corrected chi connectivity index (χ1v) is 11.2. The zero-order valence-corrected chi connectivity index (χ0v) is 19.8. The average molecular weight is 457 g/mol. The molecular formula is C25H33ClN4O2. The van der Waals surface area contributed by atoms with Gasteiger partial charge in [0.05, 0.1) is 24.3 Å². The zero-order chi connectivity index (χ0) is 23.3. The standard InChI is InChI=1S/C25H33ClN4O2/c1-4-21(25(23-16-28-18-30(23)3)29-24(31)17-32-5-2)22-15-20(26)13-12-19(22)11-9-7-6-8-10-14-27/h4,6-7,10,12-16,18,25H,5,8-9,11,17,27H2,1-3H3,(H,29,31)/b7-6-,14-10-,21-4+/t25-/m1/s1. The number of rotatable bonds is 12. The number of nitrogens with one attached hydrogen (secondary N) is 1. The van der Waals surface area contributed by atoms with Gasteiger partial charge in [0.25, 0.3) is 0 Å². The fourth-order valence-electron chi connectivity index (χ4n) is 3.48. The van der Waals surface area contributed by atoms with Crippen LogP contribution in [0.15, 0.2) is 61.2 Å². The third-order valence-corrected chi connectivity index (χ3v) is 5.29. The molecule has 2 aromatic rings. The molecule has 0 radical (unpaired) electrons. The summed E-state index contributed by atoms with van der Waals surface area (Å²) in [6.45, 7) is 4.32. The van der Waals surface area contributed by atoms with Crippen LogP contribution in [0.25, 0.3) is 5.57 Å². The molecular weight excluding hydrogens is 424 g/mol. The van der Waals surface area contributed by atoms with Crippen LogP contribution in [0.1, 0.15) is 49.6 Å². The minimum absolute atomic E-state index is 0.00624. The maximum absolute atomic E-state index is 12.6. The quantitative estimate of drug-likeness (QED) is 0.452. The number of benzene rings is 1. The van der Waals surface area contributed by atoms with E-state index in [1.54, 1.807) is 18.7 Å². The van der Waals surface area contributed by atoms with E-state index in [9.17, 15) is 4.79 Å². The van der Waals surface area contributed by atoms with Gasteiger partial charge in [0, 0.05) is 18.7 Å². The van der Waals surface area contributed by atoms with Crippen LogP contribution in [-0.4, -0.2) is 28.7 Å². The van der Waals surface area contributed by atoms with Crippen molar-refractivity contribution in [3.63, 3.8) is 0 Å². The first-order chi connectivity index (χ1) is 15.5. The highest BCUT2D eigenvalue weighted by atomic mass is 35.5. The van der Waals surface area contributed by atoms with Crippen LogP contribution < -0.4 is 11.1 Å². The number of carbonyl (C=O) groups is 1. The van der Waals surface area contributed by atoms with Crippen LogP contribution >= 0.6 is 11.6 Å². The van der Waals surface area contributed by atoms with Gasteiger partial charge in [0.2, 0.25) is 5.91 Å². The number of allylic oxidation sites excluding steroid dienone is 4. The van der Waals surface area contributed by atoms with Gasteiger partial charge >= 0.3 is 0 Å². The lowest BCUT2D eigenvalue weighted by Crippen LogP contribution is -2.33. The van der Waals surface area contributed by atoms with E-state index in [0.717, 1.165) is 41.7 Å². The highest BCUT2D eigenvalue weighted by molar-refractivity contribution is 6.30. The first-order valence-electron chi connectivity index (χ1n) is 10.8. The summed E-state index contributed by atoms with van der Waals surface area (Å²) in [6, 6.07) is 5.53. The third-order valence-electron chi connectivity index (χ3n) is 5.05. The number of nitrogens with two attached hydrogens (primary N) is 1. The number of aryl methyl sites for hydroxylation is 2. The van der Waals surface area contributed by atoms with Crippen molar-refractivity contribution in [2.24, 2.45) is 12.8 Å². The first kappa shape index (κ1) is 25.4. The molecule has 1 heterocycles. The summed E-state index contributed by atoms with van der Waals surface area (Å²) in [5, 5.41) is 3.76. The second-order valence-electron chi connectivity index (χ2n) is 7.29. The number of amides is 1. The van der Waals surface area contributed by atoms with Gasteiger partial charge in [0.15, 0.2) is 0 Å². The number of carbonyl (C=O) groups excluding carboxylic acids is 1. The lowest BCUT2D eigenvalue weighted by molar-refractivity contribution is -0.125. The Bertz CT molecular complexity index is 963. The van der Waals surface area contributed by atoms with Crippen molar-refractivity contribution >= 4 is 23.1 Å². The SMILES string of the molecule is C/C=C(\c1cc(Cl)ccc1CC/C=C\C/C=C\N)[C@@H](NC(=O)COCC)c1cncn1C. The Kier molecular flexibility index (Phi) is 10.8. The van der Waals surface area contributed by atoms with Gasteiger partial charge in [0.1, 0.15) is 6.61 Å². The highest BCUT2D eigenvalue weighted by Gasteiger charge is 2.24. The van der Waals surface area contributed by atoms with Crippen LogP contribution in [0.3, 0.4) is 0 Å². The van der Waals surface area contributed by atoms with Gasteiger partial charge < -0.3 is 20.4 Å². The predicted octanol–water partition coefficient (Wildman–Crippen LogP) is 4.72. The summed E-state index contributed by atoms with van der Waals surface area (Å²) >= 11 is 6.39. The molecule has 1 amide bonds. The van der Waals surface area contributed by atoms with Crippen molar-refractivity contribution in [2.45, 2.75) is 39.2 Å². The fourth-order valence-corrected chi connectivity index (χ4v) is 3.65. The summed E-state index contributed by atoms with van der Waals surface area (Å²) in [4.78, 5) is 16.8. The number of hydrogen-bond acceptors (Lipinski definition) is 4. The average Bonchev–Trinajstić information content (AvgIpc) is 3.21. The van der Waals surface area contributed by atoms with Crippen molar-refractivity contribution in [1.82, 2.24) is 14.9 Å². The number of hydrogen-bond donors (Lipinski definition) is 2. The van der Waals surface area contributed by atoms with E-state index in [1.165, 1.54) is 0 Å². The molecule has 0 fully saturated rings. The molecule has 3 N–H and O–H groups in total. The second-order valence-corrected chi connectivity index (χ2v) is 7.72. The Morgan fingerprint density at radius 3 is 2.81 bits per heavy atom. The van der Waals surface area contributed by atoms with Crippen molar-refractivity contribution in [3.05, 3.63) is 83.1 Å². The second kappa shape index (κ2) is 13.6. The molecule has 0 saturated heterocycles. The fraction of sp³-hybridized carbons (Fsp3) is 0.360. The predicted molar refractivity (Wildman–Crippen MR) is 131 cm³/mol. The molecule has 172 valence electrons. The van der Waals surface area contributed by atoms with Crippen LogP contribution in [0.5, 0.6) is 0 Å². The minimum atomic E-state index is -0.386. The molecule has 0 saturated carbocycles. The lowest BCUT2D eigenvalue weighted by atomic mass is 9.90. The molecule has 1 atom stereocenters. The van der Waals surface area contributed by atoms with Crippen molar-refractivity contribution in [1.29, 1.82) is 0 Å². The van der Waals surface area contributed by atoms with Crippen molar-refractivity contribution in [2.75, 3.05) is 13.2 Å². The Hall–Kier alpha value is -2.83. The molecule has 2 rings (SSSR count). The van der Waals surface area contributed by atoms with E-state index in [4.69, 9.17) is 22.1 Å². The van der Waals surface area contributed by atoms with Gasteiger partial charge in [-0.15, -0.1) is 0 Å². The minimum Gasteiger partial charge on any atom is -0.405 e. The molecule has 0 aliphatic heterocycles. The summed E-state index contributed by atoms with van der Waals surface area (Å²) < 4.78 is 7.21. The number of nitrogens with zero attached hydrogens (tertiary/aromatic N) is 2. The summed E-state index contributed by atoms with van der Waals surface area (Å²) in [6.07, 6.45) is 15.8. The largest absolute Gasteiger partial charge is 0.405 e. The van der Waals surface area contributed by atoms with Crippen molar-refractivity contribution < 1.29 is 9.53 Å². The Balaban J connectivity index is 2.37. The van der Waals surface area contributed by atoms with Gasteiger partial charge in [-0.05, 0) is 68.1 Å². The smallest absolute Gasteiger partial charge is 0.246 e. The Morgan fingerprint density at radius 2 is 2.16 bits per heavy atom. The summed E-state index contributed by atoms with van der Waals surface area (Å²) in [7, 11) is 1.91. The highest BCUT2D eigenvalue weighted by Crippen LogP contribution is 2.34. The molecule has 32 heavy (non-hydrogen) atoms. The van der Waals surface area contributed by atoms with Gasteiger partial charge in [-0.3, -0.25) is 4.79 Å². The summed E-state index contributed by atoms with van der Waals surface area (Å²) in [5.74, 6) is -0.183. The topological polar surface area (TPSA) is 82.2 Å². The normalized spacial score (nSPS) is 13.2. The van der Waals surface area contributed by atoms with Crippen LogP contribution in [-0.2, 0) is 23.0 Å². The molecule has 7 heteroatoms. The molecule has 1 aromatic heterocycles. The maximum Gasteiger partial charge on any atom is 0.246 e. The van der Waals surface area contributed by atoms with Gasteiger partial charge in [-0.25, -0.2) is 4.98 Å². The van der Waals surface area contributed by atoms with Crippen LogP contribution in [0, 0.1) is 0 Å². The van der Waals surface area contributed by atoms with Gasteiger partial charge in [-0.2, -0.15) is 0 Å². The Morgan fingerprint density at radius 1 is 1.34 bits per heavy atom. The van der Waals surface area contributed by atoms with E-state index in [0.29, 0.717) is 11.6 Å². The van der Waals surface area contributed by atoms with Crippen LogP contribution in [0.4, 0.5) is 0 Å². The molecule has 0 unspecified atom stereocenters. The third kappa shape index (κ3) is 7.39. The molecule has 0 bridgehead atoms. The number of imidazole rings is 1. The molecule has 0 spiro atoms. The number of aromatic nitrogens is 2. The lowest BCUT2D eigenvalue weighted by Gasteiger charge is -2.24. The van der Waals surface area contributed by atoms with E-state index in [1.807, 2.05) is 49.7 Å². The van der Waals surface area contributed by atoms with Crippen molar-refractivity contribution in [3.8, 4) is 0 Å². The van der Waals surface area contributed by atoms with E-state index in [2.05, 4.69) is 28.5 Å². The maximum atomic E-state index is 12.6. The summed E-state index contributed by atoms with van der Waals surface area (Å²) in [5.41, 5.74) is 9.39. The van der Waals surface area contributed by atoms with E-state index in [-0.39, 0.29) is 18.6 Å². The zero-order valence-electron chi connectivity index (χ0n) is 19.1. The van der Waals surface area contributed by atoms with Crippen LogP contribution in [0.2, 0.25) is 5.02 Å². The van der Waals surface area contributed by atoms with E-state index < -0.39 is 0 Å².